The highest BCUT2D eigenvalue weighted by Gasteiger charge is 2.12. The maximum absolute atomic E-state index is 11.9. The fraction of sp³-hybridized carbons (Fsp3) is 0.556. The molecule has 4 heteroatoms. The Morgan fingerprint density at radius 1 is 0.935 bits per heavy atom. The first-order valence-corrected chi connectivity index (χ1v) is 11.4. The van der Waals surface area contributed by atoms with E-state index in [1.807, 2.05) is 18.2 Å². The molecule has 1 aromatic carbocycles. The van der Waals surface area contributed by atoms with E-state index in [0.29, 0.717) is 18.4 Å². The van der Waals surface area contributed by atoms with Crippen molar-refractivity contribution in [2.45, 2.75) is 85.5 Å². The lowest BCUT2D eigenvalue weighted by atomic mass is 9.90. The first kappa shape index (κ1) is 26.7. The zero-order chi connectivity index (χ0) is 23.2. The Morgan fingerprint density at radius 3 is 2.23 bits per heavy atom. The summed E-state index contributed by atoms with van der Waals surface area (Å²) in [4.78, 5) is 23.8. The number of ether oxygens (including phenoxy) is 2. The molecule has 172 valence electrons. The monoisotopic (exact) mass is 428 g/mol. The third kappa shape index (κ3) is 11.6. The second-order valence-corrected chi connectivity index (χ2v) is 8.86. The summed E-state index contributed by atoms with van der Waals surface area (Å²) in [6.07, 6.45) is 8.58. The average molecular weight is 429 g/mol. The van der Waals surface area contributed by atoms with Crippen LogP contribution in [-0.2, 0) is 19.1 Å². The highest BCUT2D eigenvalue weighted by atomic mass is 16.5. The Morgan fingerprint density at radius 2 is 1.58 bits per heavy atom. The summed E-state index contributed by atoms with van der Waals surface area (Å²) >= 11 is 0. The van der Waals surface area contributed by atoms with Gasteiger partial charge in [0, 0.05) is 5.92 Å². The van der Waals surface area contributed by atoms with E-state index < -0.39 is 5.97 Å². The molecule has 0 heterocycles. The SMILES string of the molecule is CC(C)=CCCC(C)CCOC(=O)CCC(=O)O/C=C/C(C)c1ccccc1C(C)C. The van der Waals surface area contributed by atoms with Gasteiger partial charge in [-0.15, -0.1) is 0 Å². The van der Waals surface area contributed by atoms with Gasteiger partial charge in [-0.25, -0.2) is 0 Å². The molecule has 0 fully saturated rings. The lowest BCUT2D eigenvalue weighted by Gasteiger charge is -2.15. The fourth-order valence-corrected chi connectivity index (χ4v) is 3.30. The van der Waals surface area contributed by atoms with E-state index in [9.17, 15) is 9.59 Å². The highest BCUT2D eigenvalue weighted by Crippen LogP contribution is 2.26. The number of hydrogen-bond donors (Lipinski definition) is 0. The van der Waals surface area contributed by atoms with Crippen molar-refractivity contribution in [2.24, 2.45) is 5.92 Å². The largest absolute Gasteiger partial charge is 0.466 e. The van der Waals surface area contributed by atoms with Gasteiger partial charge in [0.1, 0.15) is 0 Å². The predicted molar refractivity (Wildman–Crippen MR) is 127 cm³/mol. The van der Waals surface area contributed by atoms with Gasteiger partial charge in [0.25, 0.3) is 0 Å². The average Bonchev–Trinajstić information content (AvgIpc) is 2.71. The number of esters is 2. The van der Waals surface area contributed by atoms with E-state index in [4.69, 9.17) is 9.47 Å². The quantitative estimate of drug-likeness (QED) is 0.192. The molecule has 0 N–H and O–H groups in total. The van der Waals surface area contributed by atoms with Crippen LogP contribution in [0.5, 0.6) is 0 Å². The Bertz CT molecular complexity index is 741. The minimum absolute atomic E-state index is 0.0241. The van der Waals surface area contributed by atoms with Gasteiger partial charge in [-0.2, -0.15) is 0 Å². The van der Waals surface area contributed by atoms with E-state index in [1.165, 1.54) is 23.0 Å². The van der Waals surface area contributed by atoms with Crippen molar-refractivity contribution in [2.75, 3.05) is 6.61 Å². The molecule has 1 aromatic rings. The Hall–Kier alpha value is -2.36. The van der Waals surface area contributed by atoms with Gasteiger partial charge in [0.15, 0.2) is 0 Å². The van der Waals surface area contributed by atoms with Crippen molar-refractivity contribution < 1.29 is 19.1 Å². The maximum Gasteiger partial charge on any atom is 0.311 e. The van der Waals surface area contributed by atoms with Crippen molar-refractivity contribution in [1.82, 2.24) is 0 Å². The lowest BCUT2D eigenvalue weighted by Crippen LogP contribution is -2.11. The molecular formula is C27H40O4. The van der Waals surface area contributed by atoms with E-state index in [-0.39, 0.29) is 24.7 Å². The molecule has 4 nitrogen and oxygen atoms in total. The van der Waals surface area contributed by atoms with E-state index in [0.717, 1.165) is 19.3 Å². The second-order valence-electron chi connectivity index (χ2n) is 8.86. The molecule has 0 amide bonds. The number of benzene rings is 1. The van der Waals surface area contributed by atoms with Crippen molar-refractivity contribution in [3.8, 4) is 0 Å². The van der Waals surface area contributed by atoms with Gasteiger partial charge in [-0.1, -0.05) is 63.6 Å². The summed E-state index contributed by atoms with van der Waals surface area (Å²) < 4.78 is 10.4. The highest BCUT2D eigenvalue weighted by molar-refractivity contribution is 5.77. The standard InChI is InChI=1S/C27H40O4/c1-20(2)10-9-11-22(5)16-18-30-26(28)14-15-27(29)31-19-17-23(6)25-13-8-7-12-24(25)21(3)4/h7-8,10,12-13,17,19,21-23H,9,11,14-16,18H2,1-6H3/b19-17+. The Kier molecular flexibility index (Phi) is 12.6. The van der Waals surface area contributed by atoms with Crippen LogP contribution in [-0.4, -0.2) is 18.5 Å². The van der Waals surface area contributed by atoms with Crippen LogP contribution in [0.15, 0.2) is 48.3 Å². The summed E-state index contributed by atoms with van der Waals surface area (Å²) in [7, 11) is 0. The molecule has 0 aromatic heterocycles. The molecule has 2 unspecified atom stereocenters. The molecule has 0 aliphatic carbocycles. The number of hydrogen-bond acceptors (Lipinski definition) is 4. The van der Waals surface area contributed by atoms with E-state index >= 15 is 0 Å². The zero-order valence-corrected chi connectivity index (χ0v) is 20.1. The molecule has 0 saturated carbocycles. The Labute approximate surface area is 188 Å². The first-order chi connectivity index (χ1) is 14.7. The molecule has 0 radical (unpaired) electrons. The third-order valence-electron chi connectivity index (χ3n) is 5.29. The van der Waals surface area contributed by atoms with Gasteiger partial charge in [-0.3, -0.25) is 9.59 Å². The molecule has 2 atom stereocenters. The normalized spacial score (nSPS) is 13.1. The molecule has 0 aliphatic heterocycles. The third-order valence-corrected chi connectivity index (χ3v) is 5.29. The van der Waals surface area contributed by atoms with Gasteiger partial charge < -0.3 is 9.47 Å². The van der Waals surface area contributed by atoms with Crippen LogP contribution < -0.4 is 0 Å². The van der Waals surface area contributed by atoms with Crippen LogP contribution in [0.3, 0.4) is 0 Å². The predicted octanol–water partition coefficient (Wildman–Crippen LogP) is 7.07. The molecule has 0 spiro atoms. The van der Waals surface area contributed by atoms with Gasteiger partial charge in [0.2, 0.25) is 0 Å². The second kappa shape index (κ2) is 14.6. The van der Waals surface area contributed by atoms with Crippen LogP contribution in [0.1, 0.15) is 96.6 Å². The van der Waals surface area contributed by atoms with Gasteiger partial charge in [0.05, 0.1) is 25.7 Å². The van der Waals surface area contributed by atoms with Crippen LogP contribution in [0.4, 0.5) is 0 Å². The summed E-state index contributed by atoms with van der Waals surface area (Å²) in [6, 6.07) is 8.29. The topological polar surface area (TPSA) is 52.6 Å². The van der Waals surface area contributed by atoms with Crippen molar-refractivity contribution in [3.05, 3.63) is 59.4 Å². The number of carbonyl (C=O) groups excluding carboxylic acids is 2. The summed E-state index contributed by atoms with van der Waals surface area (Å²) in [5.41, 5.74) is 3.85. The lowest BCUT2D eigenvalue weighted by molar-refractivity contribution is -0.148. The van der Waals surface area contributed by atoms with Crippen molar-refractivity contribution >= 4 is 11.9 Å². The summed E-state index contributed by atoms with van der Waals surface area (Å²) in [6.45, 7) is 13.2. The van der Waals surface area contributed by atoms with Crippen LogP contribution in [0.2, 0.25) is 0 Å². The van der Waals surface area contributed by atoms with Crippen LogP contribution >= 0.6 is 0 Å². The van der Waals surface area contributed by atoms with Gasteiger partial charge >= 0.3 is 11.9 Å². The number of rotatable bonds is 13. The summed E-state index contributed by atoms with van der Waals surface area (Å²) in [5.74, 6) is 0.293. The molecule has 31 heavy (non-hydrogen) atoms. The fourth-order valence-electron chi connectivity index (χ4n) is 3.30. The maximum atomic E-state index is 11.9. The Balaban J connectivity index is 2.28. The van der Waals surface area contributed by atoms with Crippen molar-refractivity contribution in [3.63, 3.8) is 0 Å². The van der Waals surface area contributed by atoms with Crippen molar-refractivity contribution in [1.29, 1.82) is 0 Å². The number of allylic oxidation sites excluding steroid dienone is 3. The minimum Gasteiger partial charge on any atom is -0.466 e. The van der Waals surface area contributed by atoms with E-state index in [2.05, 4.69) is 59.8 Å². The van der Waals surface area contributed by atoms with Crippen LogP contribution in [0.25, 0.3) is 0 Å². The van der Waals surface area contributed by atoms with E-state index in [1.54, 1.807) is 0 Å². The minimum atomic E-state index is -0.423. The molecule has 0 aliphatic rings. The van der Waals surface area contributed by atoms with Gasteiger partial charge in [-0.05, 0) is 62.1 Å². The molecule has 1 rings (SSSR count). The summed E-state index contributed by atoms with van der Waals surface area (Å²) in [5, 5.41) is 0. The molecule has 0 saturated heterocycles. The first-order valence-electron chi connectivity index (χ1n) is 11.4. The zero-order valence-electron chi connectivity index (χ0n) is 20.1. The molecule has 0 bridgehead atoms. The van der Waals surface area contributed by atoms with Crippen LogP contribution in [0, 0.1) is 5.92 Å². The number of carbonyl (C=O) groups is 2. The smallest absolute Gasteiger partial charge is 0.311 e. The molecular weight excluding hydrogens is 388 g/mol.